The second kappa shape index (κ2) is 7.81. The molecule has 6 heteroatoms. The predicted octanol–water partition coefficient (Wildman–Crippen LogP) is 3.08. The summed E-state index contributed by atoms with van der Waals surface area (Å²) in [6, 6.07) is 18.4. The highest BCUT2D eigenvalue weighted by molar-refractivity contribution is 5.63. The van der Waals surface area contributed by atoms with E-state index in [-0.39, 0.29) is 0 Å². The Morgan fingerprint density at radius 1 is 0.897 bits per heavy atom. The minimum Gasteiger partial charge on any atom is -0.399 e. The molecule has 1 aromatic heterocycles. The number of aromatic nitrogens is 2. The molecule has 0 amide bonds. The molecule has 1 saturated heterocycles. The average Bonchev–Trinajstić information content (AvgIpc) is 3.17. The van der Waals surface area contributed by atoms with Crippen LogP contribution in [0.1, 0.15) is 16.8 Å². The minimum atomic E-state index is 0.740. The Morgan fingerprint density at radius 3 is 2.41 bits per heavy atom. The molecule has 2 aliphatic rings. The van der Waals surface area contributed by atoms with Gasteiger partial charge in [-0.15, -0.1) is 0 Å². The maximum absolute atomic E-state index is 5.86. The predicted molar refractivity (Wildman–Crippen MR) is 114 cm³/mol. The number of morpholine rings is 1. The molecule has 0 aliphatic carbocycles. The van der Waals surface area contributed by atoms with E-state index in [0.29, 0.717) is 0 Å². The largest absolute Gasteiger partial charge is 0.399 e. The summed E-state index contributed by atoms with van der Waals surface area (Å²) in [5.74, 6) is 1.83. The van der Waals surface area contributed by atoms with Crippen LogP contribution in [0.25, 0.3) is 11.4 Å². The third kappa shape index (κ3) is 3.81. The van der Waals surface area contributed by atoms with Gasteiger partial charge in [-0.2, -0.15) is 0 Å². The first-order valence-corrected chi connectivity index (χ1v) is 10.1. The summed E-state index contributed by atoms with van der Waals surface area (Å²) in [7, 11) is 0. The standard InChI is InChI=1S/C23H25N5O/c24-19-8-6-18(7-9-19)22-25-21-16-27(14-17-4-2-1-3-5-17)15-20(21)23(26-22)28-10-12-29-13-11-28/h1-9H,10-16,24H2. The van der Waals surface area contributed by atoms with Crippen LogP contribution in [0.2, 0.25) is 0 Å². The van der Waals surface area contributed by atoms with Gasteiger partial charge in [0.25, 0.3) is 0 Å². The monoisotopic (exact) mass is 387 g/mol. The highest BCUT2D eigenvalue weighted by Gasteiger charge is 2.28. The van der Waals surface area contributed by atoms with Crippen molar-refractivity contribution in [3.05, 3.63) is 71.4 Å². The van der Waals surface area contributed by atoms with Crippen LogP contribution in [0.3, 0.4) is 0 Å². The first-order valence-electron chi connectivity index (χ1n) is 10.1. The molecule has 2 N–H and O–H groups in total. The molecule has 2 aromatic carbocycles. The van der Waals surface area contributed by atoms with E-state index >= 15 is 0 Å². The van der Waals surface area contributed by atoms with Gasteiger partial charge in [-0.1, -0.05) is 30.3 Å². The van der Waals surface area contributed by atoms with E-state index in [9.17, 15) is 0 Å². The lowest BCUT2D eigenvalue weighted by Crippen LogP contribution is -2.37. The summed E-state index contributed by atoms with van der Waals surface area (Å²) in [6.45, 7) is 5.84. The zero-order valence-corrected chi connectivity index (χ0v) is 16.4. The van der Waals surface area contributed by atoms with Crippen molar-refractivity contribution in [1.29, 1.82) is 0 Å². The maximum Gasteiger partial charge on any atom is 0.161 e. The van der Waals surface area contributed by atoms with Crippen molar-refractivity contribution < 1.29 is 4.74 Å². The number of benzene rings is 2. The number of anilines is 2. The van der Waals surface area contributed by atoms with Crippen LogP contribution in [0.4, 0.5) is 11.5 Å². The first kappa shape index (κ1) is 18.1. The van der Waals surface area contributed by atoms with Crippen LogP contribution in [-0.2, 0) is 24.4 Å². The van der Waals surface area contributed by atoms with Gasteiger partial charge in [0, 0.05) is 49.5 Å². The number of nitrogen functional groups attached to an aromatic ring is 1. The summed E-state index contributed by atoms with van der Waals surface area (Å²) in [5.41, 5.74) is 11.3. The molecule has 148 valence electrons. The third-order valence-corrected chi connectivity index (χ3v) is 5.55. The fourth-order valence-corrected chi connectivity index (χ4v) is 4.05. The molecule has 5 rings (SSSR count). The van der Waals surface area contributed by atoms with Crippen LogP contribution in [0.15, 0.2) is 54.6 Å². The van der Waals surface area contributed by atoms with Gasteiger partial charge in [-0.3, -0.25) is 4.90 Å². The number of hydrogen-bond acceptors (Lipinski definition) is 6. The summed E-state index contributed by atoms with van der Waals surface area (Å²) < 4.78 is 5.56. The maximum atomic E-state index is 5.86. The first-order chi connectivity index (χ1) is 14.3. The van der Waals surface area contributed by atoms with Crippen molar-refractivity contribution in [2.75, 3.05) is 36.9 Å². The van der Waals surface area contributed by atoms with Crippen molar-refractivity contribution in [3.8, 4) is 11.4 Å². The van der Waals surface area contributed by atoms with E-state index in [1.54, 1.807) is 0 Å². The molecular formula is C23H25N5O. The van der Waals surface area contributed by atoms with E-state index < -0.39 is 0 Å². The van der Waals surface area contributed by atoms with E-state index in [0.717, 1.165) is 74.5 Å². The molecule has 29 heavy (non-hydrogen) atoms. The number of nitrogens with zero attached hydrogens (tertiary/aromatic N) is 4. The summed E-state index contributed by atoms with van der Waals surface area (Å²) >= 11 is 0. The zero-order chi connectivity index (χ0) is 19.6. The normalized spacial score (nSPS) is 16.8. The van der Waals surface area contributed by atoms with Crippen LogP contribution < -0.4 is 10.6 Å². The summed E-state index contributed by atoms with van der Waals surface area (Å²) in [4.78, 5) is 14.7. The topological polar surface area (TPSA) is 67.5 Å². The molecular weight excluding hydrogens is 362 g/mol. The Morgan fingerprint density at radius 2 is 1.66 bits per heavy atom. The Kier molecular flexibility index (Phi) is 4.87. The number of rotatable bonds is 4. The Hall–Kier alpha value is -2.96. The molecule has 3 heterocycles. The number of hydrogen-bond donors (Lipinski definition) is 1. The smallest absolute Gasteiger partial charge is 0.161 e. The lowest BCUT2D eigenvalue weighted by Gasteiger charge is -2.29. The average molecular weight is 387 g/mol. The molecule has 0 atom stereocenters. The SMILES string of the molecule is Nc1ccc(-c2nc3c(c(N4CCOCC4)n2)CN(Cc2ccccc2)C3)cc1. The van der Waals surface area contributed by atoms with Crippen molar-refractivity contribution >= 4 is 11.5 Å². The fourth-order valence-electron chi connectivity index (χ4n) is 4.05. The number of fused-ring (bicyclic) bond motifs is 1. The second-order valence-electron chi connectivity index (χ2n) is 7.65. The highest BCUT2D eigenvalue weighted by atomic mass is 16.5. The number of ether oxygens (including phenoxy) is 1. The zero-order valence-electron chi connectivity index (χ0n) is 16.4. The van der Waals surface area contributed by atoms with E-state index in [1.165, 1.54) is 11.1 Å². The van der Waals surface area contributed by atoms with Gasteiger partial charge in [-0.25, -0.2) is 9.97 Å². The Bertz CT molecular complexity index is 984. The molecule has 0 saturated carbocycles. The van der Waals surface area contributed by atoms with Gasteiger partial charge < -0.3 is 15.4 Å². The number of nitrogens with two attached hydrogens (primary N) is 1. The Balaban J connectivity index is 1.49. The molecule has 0 spiro atoms. The summed E-state index contributed by atoms with van der Waals surface area (Å²) in [6.07, 6.45) is 0. The van der Waals surface area contributed by atoms with E-state index in [1.807, 2.05) is 24.3 Å². The lowest BCUT2D eigenvalue weighted by atomic mass is 10.1. The molecule has 0 bridgehead atoms. The van der Waals surface area contributed by atoms with Gasteiger partial charge in [0.05, 0.1) is 18.9 Å². The summed E-state index contributed by atoms with van der Waals surface area (Å²) in [5, 5.41) is 0. The van der Waals surface area contributed by atoms with Crippen LogP contribution >= 0.6 is 0 Å². The lowest BCUT2D eigenvalue weighted by molar-refractivity contribution is 0.122. The van der Waals surface area contributed by atoms with E-state index in [2.05, 4.69) is 40.1 Å². The second-order valence-corrected chi connectivity index (χ2v) is 7.65. The van der Waals surface area contributed by atoms with Gasteiger partial charge in [0.15, 0.2) is 5.82 Å². The van der Waals surface area contributed by atoms with Gasteiger partial charge in [-0.05, 0) is 29.8 Å². The van der Waals surface area contributed by atoms with Gasteiger partial charge in [0.2, 0.25) is 0 Å². The molecule has 2 aliphatic heterocycles. The van der Waals surface area contributed by atoms with Crippen LogP contribution in [-0.4, -0.2) is 41.2 Å². The van der Waals surface area contributed by atoms with Crippen molar-refractivity contribution in [2.24, 2.45) is 0 Å². The van der Waals surface area contributed by atoms with Crippen molar-refractivity contribution in [2.45, 2.75) is 19.6 Å². The van der Waals surface area contributed by atoms with Crippen molar-refractivity contribution in [3.63, 3.8) is 0 Å². The molecule has 0 unspecified atom stereocenters. The third-order valence-electron chi connectivity index (χ3n) is 5.55. The van der Waals surface area contributed by atoms with E-state index in [4.69, 9.17) is 20.4 Å². The van der Waals surface area contributed by atoms with Crippen molar-refractivity contribution in [1.82, 2.24) is 14.9 Å². The molecule has 0 radical (unpaired) electrons. The quantitative estimate of drug-likeness (QED) is 0.694. The van der Waals surface area contributed by atoms with Crippen LogP contribution in [0, 0.1) is 0 Å². The van der Waals surface area contributed by atoms with Gasteiger partial charge >= 0.3 is 0 Å². The van der Waals surface area contributed by atoms with Gasteiger partial charge in [0.1, 0.15) is 5.82 Å². The van der Waals surface area contributed by atoms with Crippen LogP contribution in [0.5, 0.6) is 0 Å². The minimum absolute atomic E-state index is 0.740. The molecule has 3 aromatic rings. The molecule has 6 nitrogen and oxygen atoms in total. The Labute approximate surface area is 171 Å². The highest BCUT2D eigenvalue weighted by Crippen LogP contribution is 2.33. The fraction of sp³-hybridized carbons (Fsp3) is 0.304. The molecule has 1 fully saturated rings.